The minimum absolute atomic E-state index is 0.0581. The Labute approximate surface area is 169 Å². The molecule has 0 saturated carbocycles. The molecule has 9 heteroatoms. The van der Waals surface area contributed by atoms with Gasteiger partial charge in [0, 0.05) is 24.2 Å². The molecule has 0 spiro atoms. The molecule has 0 atom stereocenters. The van der Waals surface area contributed by atoms with Crippen molar-refractivity contribution in [1.82, 2.24) is 15.2 Å². The second-order valence-corrected chi connectivity index (χ2v) is 8.45. The highest BCUT2D eigenvalue weighted by Crippen LogP contribution is 2.21. The van der Waals surface area contributed by atoms with Crippen molar-refractivity contribution in [3.63, 3.8) is 0 Å². The second kappa shape index (κ2) is 9.06. The van der Waals surface area contributed by atoms with Gasteiger partial charge in [-0.2, -0.15) is 4.31 Å². The van der Waals surface area contributed by atoms with Crippen LogP contribution in [-0.4, -0.2) is 44.2 Å². The number of nitrogens with zero attached hydrogens (tertiary/aromatic N) is 1. The fourth-order valence-electron chi connectivity index (χ4n) is 3.03. The Balaban J connectivity index is 1.67. The van der Waals surface area contributed by atoms with E-state index in [1.165, 1.54) is 28.6 Å². The van der Waals surface area contributed by atoms with Crippen LogP contribution in [0, 0.1) is 0 Å². The molecule has 0 unspecified atom stereocenters. The Morgan fingerprint density at radius 1 is 0.966 bits per heavy atom. The van der Waals surface area contributed by atoms with Gasteiger partial charge in [-0.1, -0.05) is 12.1 Å². The molecule has 3 rings (SSSR count). The van der Waals surface area contributed by atoms with E-state index in [1.54, 1.807) is 24.3 Å². The van der Waals surface area contributed by atoms with Crippen molar-refractivity contribution in [3.8, 4) is 5.75 Å². The Morgan fingerprint density at radius 3 is 2.17 bits per heavy atom. The summed E-state index contributed by atoms with van der Waals surface area (Å²) in [6.07, 6.45) is 1.66. The Bertz CT molecular complexity index is 1000. The zero-order valence-electron chi connectivity index (χ0n) is 16.1. The molecule has 0 aliphatic carbocycles. The van der Waals surface area contributed by atoms with E-state index < -0.39 is 21.8 Å². The van der Waals surface area contributed by atoms with E-state index in [0.717, 1.165) is 12.8 Å². The number of hydrogen-bond donors (Lipinski definition) is 2. The lowest BCUT2D eigenvalue weighted by atomic mass is 10.2. The van der Waals surface area contributed by atoms with Crippen molar-refractivity contribution in [1.29, 1.82) is 0 Å². The maximum Gasteiger partial charge on any atom is 0.269 e. The molecule has 29 heavy (non-hydrogen) atoms. The first-order valence-electron chi connectivity index (χ1n) is 9.35. The van der Waals surface area contributed by atoms with E-state index in [-0.39, 0.29) is 10.5 Å². The molecule has 2 aromatic carbocycles. The molecule has 2 N–H and O–H groups in total. The molecule has 8 nitrogen and oxygen atoms in total. The maximum atomic E-state index is 12.7. The summed E-state index contributed by atoms with van der Waals surface area (Å²) in [7, 11) is -3.63. The number of nitrogens with one attached hydrogen (secondary N) is 2. The van der Waals surface area contributed by atoms with Crippen LogP contribution in [0.1, 0.15) is 40.5 Å². The van der Waals surface area contributed by atoms with Crippen molar-refractivity contribution in [2.75, 3.05) is 19.7 Å². The molecule has 1 aliphatic heterocycles. The Morgan fingerprint density at radius 2 is 1.55 bits per heavy atom. The van der Waals surface area contributed by atoms with Crippen LogP contribution in [0.2, 0.25) is 0 Å². The van der Waals surface area contributed by atoms with Crippen LogP contribution in [-0.2, 0) is 10.0 Å². The molecule has 154 valence electrons. The largest absolute Gasteiger partial charge is 0.494 e. The molecule has 1 aliphatic rings. The minimum atomic E-state index is -3.63. The second-order valence-electron chi connectivity index (χ2n) is 6.51. The van der Waals surface area contributed by atoms with E-state index in [1.807, 2.05) is 6.92 Å². The molecular weight excluding hydrogens is 394 g/mol. The molecule has 2 aromatic rings. The van der Waals surface area contributed by atoms with Crippen molar-refractivity contribution in [2.45, 2.75) is 24.7 Å². The van der Waals surface area contributed by atoms with Gasteiger partial charge < -0.3 is 4.74 Å². The Kier molecular flexibility index (Phi) is 6.50. The summed E-state index contributed by atoms with van der Waals surface area (Å²) >= 11 is 0. The lowest BCUT2D eigenvalue weighted by Gasteiger charge is -2.16. The van der Waals surface area contributed by atoms with Crippen LogP contribution < -0.4 is 15.6 Å². The fraction of sp³-hybridized carbons (Fsp3) is 0.300. The normalized spacial score (nSPS) is 14.4. The molecule has 1 saturated heterocycles. The summed E-state index contributed by atoms with van der Waals surface area (Å²) in [5.74, 6) is -0.579. The van der Waals surface area contributed by atoms with Gasteiger partial charge in [0.1, 0.15) is 5.75 Å². The Hall–Kier alpha value is -2.91. The molecule has 0 aromatic heterocycles. The van der Waals surface area contributed by atoms with Gasteiger partial charge in [-0.3, -0.25) is 20.4 Å². The minimum Gasteiger partial charge on any atom is -0.494 e. The summed E-state index contributed by atoms with van der Waals surface area (Å²) in [6.45, 7) is 3.27. The number of carbonyl (C=O) groups excluding carboxylic acids is 2. The van der Waals surface area contributed by atoms with Crippen LogP contribution in [0.3, 0.4) is 0 Å². The molecule has 0 radical (unpaired) electrons. The van der Waals surface area contributed by atoms with E-state index >= 15 is 0 Å². The van der Waals surface area contributed by atoms with E-state index in [0.29, 0.717) is 31.0 Å². The topological polar surface area (TPSA) is 105 Å². The highest BCUT2D eigenvalue weighted by molar-refractivity contribution is 7.89. The number of hydrogen-bond acceptors (Lipinski definition) is 5. The molecule has 0 bridgehead atoms. The number of carbonyl (C=O) groups is 2. The smallest absolute Gasteiger partial charge is 0.269 e. The SMILES string of the molecule is CCOc1cccc(C(=O)NNC(=O)c2cccc(S(=O)(=O)N3CCCC3)c2)c1. The van der Waals surface area contributed by atoms with Crippen molar-refractivity contribution in [2.24, 2.45) is 0 Å². The van der Waals surface area contributed by atoms with Crippen LogP contribution >= 0.6 is 0 Å². The van der Waals surface area contributed by atoms with Crippen molar-refractivity contribution in [3.05, 3.63) is 59.7 Å². The monoisotopic (exact) mass is 417 g/mol. The van der Waals surface area contributed by atoms with Gasteiger partial charge in [-0.05, 0) is 56.2 Å². The molecular formula is C20H23N3O5S. The summed E-state index contributed by atoms with van der Waals surface area (Å²) in [6, 6.07) is 12.3. The third-order valence-corrected chi connectivity index (χ3v) is 6.39. The number of ether oxygens (including phenoxy) is 1. The van der Waals surface area contributed by atoms with Gasteiger partial charge in [-0.25, -0.2) is 8.42 Å². The maximum absolute atomic E-state index is 12.7. The zero-order chi connectivity index (χ0) is 20.9. The highest BCUT2D eigenvalue weighted by atomic mass is 32.2. The predicted octanol–water partition coefficient (Wildman–Crippen LogP) is 1.94. The van der Waals surface area contributed by atoms with Gasteiger partial charge in [0.05, 0.1) is 11.5 Å². The number of benzene rings is 2. The van der Waals surface area contributed by atoms with Crippen LogP contribution in [0.5, 0.6) is 5.75 Å². The molecule has 1 heterocycles. The number of amides is 2. The third kappa shape index (κ3) is 4.93. The average molecular weight is 417 g/mol. The standard InChI is InChI=1S/C20H23N3O5S/c1-2-28-17-9-5-7-15(13-17)19(24)21-22-20(25)16-8-6-10-18(14-16)29(26,27)23-11-3-4-12-23/h5-10,13-14H,2-4,11-12H2,1H3,(H,21,24)(H,22,25). The van der Waals surface area contributed by atoms with Crippen LogP contribution in [0.25, 0.3) is 0 Å². The lowest BCUT2D eigenvalue weighted by molar-refractivity contribution is 0.0846. The molecule has 1 fully saturated rings. The molecule has 2 amide bonds. The van der Waals surface area contributed by atoms with Gasteiger partial charge in [-0.15, -0.1) is 0 Å². The number of hydrazine groups is 1. The predicted molar refractivity (Wildman–Crippen MR) is 107 cm³/mol. The first kappa shape index (κ1) is 20.8. The van der Waals surface area contributed by atoms with Gasteiger partial charge in [0.15, 0.2) is 0 Å². The zero-order valence-corrected chi connectivity index (χ0v) is 16.9. The number of rotatable bonds is 6. The van der Waals surface area contributed by atoms with Gasteiger partial charge >= 0.3 is 0 Å². The van der Waals surface area contributed by atoms with E-state index in [2.05, 4.69) is 10.9 Å². The van der Waals surface area contributed by atoms with Crippen LogP contribution in [0.4, 0.5) is 0 Å². The lowest BCUT2D eigenvalue weighted by Crippen LogP contribution is -2.41. The summed E-state index contributed by atoms with van der Waals surface area (Å²) in [5.41, 5.74) is 5.09. The third-order valence-electron chi connectivity index (χ3n) is 4.50. The van der Waals surface area contributed by atoms with Crippen molar-refractivity contribution < 1.29 is 22.7 Å². The van der Waals surface area contributed by atoms with Gasteiger partial charge in [0.2, 0.25) is 10.0 Å². The van der Waals surface area contributed by atoms with E-state index in [4.69, 9.17) is 4.74 Å². The van der Waals surface area contributed by atoms with E-state index in [9.17, 15) is 18.0 Å². The quantitative estimate of drug-likeness (QED) is 0.699. The van der Waals surface area contributed by atoms with Crippen molar-refractivity contribution >= 4 is 21.8 Å². The van der Waals surface area contributed by atoms with Crippen LogP contribution in [0.15, 0.2) is 53.4 Å². The summed E-state index contributed by atoms with van der Waals surface area (Å²) in [4.78, 5) is 24.7. The first-order valence-corrected chi connectivity index (χ1v) is 10.8. The first-order chi connectivity index (χ1) is 13.9. The van der Waals surface area contributed by atoms with Gasteiger partial charge in [0.25, 0.3) is 11.8 Å². The fourth-order valence-corrected chi connectivity index (χ4v) is 4.59. The average Bonchev–Trinajstić information content (AvgIpc) is 3.28. The number of sulfonamides is 1. The summed E-state index contributed by atoms with van der Waals surface area (Å²) in [5, 5.41) is 0. The highest BCUT2D eigenvalue weighted by Gasteiger charge is 2.27. The summed E-state index contributed by atoms with van der Waals surface area (Å²) < 4.78 is 32.1.